The molecule has 3 aromatic carbocycles. The summed E-state index contributed by atoms with van der Waals surface area (Å²) in [6.07, 6.45) is 0. The number of carbonyl (C=O) groups excluding carboxylic acids is 2. The molecular weight excluding hydrogens is 488 g/mol. The molecule has 0 spiro atoms. The summed E-state index contributed by atoms with van der Waals surface area (Å²) in [7, 11) is 0. The molecule has 0 radical (unpaired) electrons. The van der Waals surface area contributed by atoms with Gasteiger partial charge in [0.15, 0.2) is 0 Å². The first-order valence-corrected chi connectivity index (χ1v) is 11.9. The molecule has 3 rings (SSSR count). The van der Waals surface area contributed by atoms with Crippen molar-refractivity contribution in [3.05, 3.63) is 97.1 Å². The summed E-state index contributed by atoms with van der Waals surface area (Å²) in [5, 5.41) is 0. The van der Waals surface area contributed by atoms with Gasteiger partial charge in [-0.15, -0.1) is 0 Å². The van der Waals surface area contributed by atoms with Gasteiger partial charge in [-0.25, -0.2) is 9.59 Å². The van der Waals surface area contributed by atoms with E-state index in [-0.39, 0.29) is 26.4 Å². The molecule has 0 saturated heterocycles. The summed E-state index contributed by atoms with van der Waals surface area (Å²) in [6.45, 7) is 11.0. The van der Waals surface area contributed by atoms with Crippen LogP contribution < -0.4 is 18.9 Å². The van der Waals surface area contributed by atoms with E-state index in [0.717, 1.165) is 0 Å². The van der Waals surface area contributed by atoms with E-state index < -0.39 is 11.9 Å². The second-order valence-electron chi connectivity index (χ2n) is 8.15. The molecule has 198 valence electrons. The van der Waals surface area contributed by atoms with Crippen LogP contribution >= 0.6 is 0 Å². The van der Waals surface area contributed by atoms with Crippen LogP contribution in [0.1, 0.15) is 13.8 Å². The van der Waals surface area contributed by atoms with E-state index in [1.165, 1.54) is 0 Å². The Labute approximate surface area is 222 Å². The minimum absolute atomic E-state index is 0.144. The zero-order valence-electron chi connectivity index (χ0n) is 21.4. The van der Waals surface area contributed by atoms with Crippen LogP contribution in [0.15, 0.2) is 97.1 Å². The van der Waals surface area contributed by atoms with Crippen LogP contribution in [0, 0.1) is 0 Å². The van der Waals surface area contributed by atoms with E-state index in [9.17, 15) is 9.59 Å². The molecule has 8 nitrogen and oxygen atoms in total. The molecule has 0 N–H and O–H groups in total. The van der Waals surface area contributed by atoms with Crippen molar-refractivity contribution < 1.29 is 38.0 Å². The summed E-state index contributed by atoms with van der Waals surface area (Å²) in [6, 6.07) is 21.5. The molecule has 0 fully saturated rings. The Morgan fingerprint density at radius 1 is 0.500 bits per heavy atom. The van der Waals surface area contributed by atoms with E-state index in [4.69, 9.17) is 28.4 Å². The van der Waals surface area contributed by atoms with Crippen LogP contribution in [-0.2, 0) is 19.1 Å². The smallest absolute Gasteiger partial charge is 0.333 e. The second kappa shape index (κ2) is 14.1. The Morgan fingerprint density at radius 3 is 1.03 bits per heavy atom. The van der Waals surface area contributed by atoms with Gasteiger partial charge in [0.2, 0.25) is 0 Å². The molecule has 0 bridgehead atoms. The van der Waals surface area contributed by atoms with Gasteiger partial charge < -0.3 is 28.4 Å². The number of hydrogen-bond acceptors (Lipinski definition) is 8. The zero-order chi connectivity index (χ0) is 27.3. The lowest BCUT2D eigenvalue weighted by atomic mass is 10.3. The molecule has 0 aromatic heterocycles. The lowest BCUT2D eigenvalue weighted by Gasteiger charge is -2.11. The molecule has 38 heavy (non-hydrogen) atoms. The highest BCUT2D eigenvalue weighted by molar-refractivity contribution is 5.87. The number of ether oxygens (including phenoxy) is 6. The minimum Gasteiger partial charge on any atom is -0.490 e. The first-order valence-electron chi connectivity index (χ1n) is 11.9. The van der Waals surface area contributed by atoms with Crippen molar-refractivity contribution >= 4 is 11.9 Å². The van der Waals surface area contributed by atoms with Gasteiger partial charge in [-0.2, -0.15) is 0 Å². The first kappa shape index (κ1) is 27.9. The molecule has 8 heteroatoms. The molecule has 0 aliphatic rings. The summed E-state index contributed by atoms with van der Waals surface area (Å²) in [5.74, 6) is 2.98. The molecule has 0 heterocycles. The Balaban J connectivity index is 1.40. The van der Waals surface area contributed by atoms with Crippen LogP contribution in [0.5, 0.6) is 34.5 Å². The summed E-state index contributed by atoms with van der Waals surface area (Å²) in [5.41, 5.74) is 0.702. The van der Waals surface area contributed by atoms with Crippen molar-refractivity contribution in [2.24, 2.45) is 0 Å². The third kappa shape index (κ3) is 9.39. The van der Waals surface area contributed by atoms with Gasteiger partial charge in [-0.1, -0.05) is 13.2 Å². The fraction of sp³-hybridized carbons (Fsp3) is 0.200. The van der Waals surface area contributed by atoms with Crippen molar-refractivity contribution in [2.45, 2.75) is 13.8 Å². The maximum atomic E-state index is 11.3. The standard InChI is InChI=1S/C30H30O8/c1-21(2)29(31)35-19-17-33-23-5-9-25(10-6-23)37-27-13-15-28(16-14-27)38-26-11-7-24(8-12-26)34-18-20-36-30(32)22(3)4/h5-16H,1,3,17-20H2,2,4H3. The number of carbonyl (C=O) groups is 2. The predicted octanol–water partition coefficient (Wildman–Crippen LogP) is 6.27. The normalized spacial score (nSPS) is 10.2. The van der Waals surface area contributed by atoms with Crippen LogP contribution in [0.2, 0.25) is 0 Å². The van der Waals surface area contributed by atoms with Gasteiger partial charge >= 0.3 is 11.9 Å². The van der Waals surface area contributed by atoms with Crippen molar-refractivity contribution in [1.82, 2.24) is 0 Å². The van der Waals surface area contributed by atoms with Gasteiger partial charge in [0.05, 0.1) is 0 Å². The highest BCUT2D eigenvalue weighted by atomic mass is 16.6. The Kier molecular flexibility index (Phi) is 10.4. The molecular formula is C30H30O8. The first-order chi connectivity index (χ1) is 18.3. The third-order valence-corrected chi connectivity index (χ3v) is 4.81. The number of benzene rings is 3. The number of esters is 2. The highest BCUT2D eigenvalue weighted by Gasteiger charge is 2.05. The van der Waals surface area contributed by atoms with Crippen molar-refractivity contribution in [3.63, 3.8) is 0 Å². The monoisotopic (exact) mass is 518 g/mol. The molecule has 0 unspecified atom stereocenters. The Morgan fingerprint density at radius 2 is 0.763 bits per heavy atom. The molecule has 0 aliphatic heterocycles. The molecule has 0 amide bonds. The average molecular weight is 519 g/mol. The SMILES string of the molecule is C=C(C)C(=O)OCCOc1ccc(Oc2ccc(Oc3ccc(OCCOC(=O)C(=C)C)cc3)cc2)cc1. The van der Waals surface area contributed by atoms with Gasteiger partial charge in [0.25, 0.3) is 0 Å². The number of rotatable bonds is 14. The van der Waals surface area contributed by atoms with Crippen LogP contribution in [0.3, 0.4) is 0 Å². The summed E-state index contributed by atoms with van der Waals surface area (Å²) in [4.78, 5) is 22.7. The lowest BCUT2D eigenvalue weighted by molar-refractivity contribution is -0.140. The van der Waals surface area contributed by atoms with E-state index in [1.807, 2.05) is 0 Å². The maximum Gasteiger partial charge on any atom is 0.333 e. The molecule has 0 atom stereocenters. The topological polar surface area (TPSA) is 89.5 Å². The van der Waals surface area contributed by atoms with E-state index in [2.05, 4.69) is 13.2 Å². The van der Waals surface area contributed by atoms with Crippen LogP contribution in [0.4, 0.5) is 0 Å². The second-order valence-corrected chi connectivity index (χ2v) is 8.15. The summed E-state index contributed by atoms with van der Waals surface area (Å²) < 4.78 is 32.8. The zero-order valence-corrected chi connectivity index (χ0v) is 21.4. The van der Waals surface area contributed by atoms with Crippen molar-refractivity contribution in [3.8, 4) is 34.5 Å². The van der Waals surface area contributed by atoms with Crippen molar-refractivity contribution in [1.29, 1.82) is 0 Å². The van der Waals surface area contributed by atoms with Gasteiger partial charge in [-0.3, -0.25) is 0 Å². The lowest BCUT2D eigenvalue weighted by Crippen LogP contribution is -2.12. The minimum atomic E-state index is -0.436. The van der Waals surface area contributed by atoms with Crippen LogP contribution in [-0.4, -0.2) is 38.4 Å². The van der Waals surface area contributed by atoms with E-state index in [0.29, 0.717) is 45.6 Å². The summed E-state index contributed by atoms with van der Waals surface area (Å²) >= 11 is 0. The molecule has 3 aromatic rings. The van der Waals surface area contributed by atoms with Crippen molar-refractivity contribution in [2.75, 3.05) is 26.4 Å². The largest absolute Gasteiger partial charge is 0.490 e. The van der Waals surface area contributed by atoms with E-state index >= 15 is 0 Å². The highest BCUT2D eigenvalue weighted by Crippen LogP contribution is 2.28. The fourth-order valence-electron chi connectivity index (χ4n) is 2.89. The third-order valence-electron chi connectivity index (χ3n) is 4.81. The Hall–Kier alpha value is -4.72. The number of hydrogen-bond donors (Lipinski definition) is 0. The van der Waals surface area contributed by atoms with Crippen LogP contribution in [0.25, 0.3) is 0 Å². The molecule has 0 saturated carbocycles. The predicted molar refractivity (Wildman–Crippen MR) is 142 cm³/mol. The quantitative estimate of drug-likeness (QED) is 0.140. The van der Waals surface area contributed by atoms with Gasteiger partial charge in [0.1, 0.15) is 60.9 Å². The van der Waals surface area contributed by atoms with Gasteiger partial charge in [-0.05, 0) is 86.6 Å². The van der Waals surface area contributed by atoms with Gasteiger partial charge in [0, 0.05) is 11.1 Å². The average Bonchev–Trinajstić information content (AvgIpc) is 2.91. The molecule has 0 aliphatic carbocycles. The Bertz CT molecular complexity index is 1130. The van der Waals surface area contributed by atoms with E-state index in [1.54, 1.807) is 86.6 Å². The fourth-order valence-corrected chi connectivity index (χ4v) is 2.89. The maximum absolute atomic E-state index is 11.3.